The standard InChI is InChI=1S/C21H18N2O2S/c1-26(25)19-14-12-18(13-15-19)21(24)23-22-20(16-8-4-2-5-9-16)17-10-6-3-7-11-17/h2-15H,1H3,(H,23,24)/t26-/m0/s1. The lowest BCUT2D eigenvalue weighted by Gasteiger charge is -2.08. The van der Waals surface area contributed by atoms with Crippen molar-refractivity contribution in [3.8, 4) is 0 Å². The molecule has 0 aliphatic carbocycles. The van der Waals surface area contributed by atoms with Crippen LogP contribution >= 0.6 is 0 Å². The van der Waals surface area contributed by atoms with Gasteiger partial charge < -0.3 is 0 Å². The number of nitrogens with zero attached hydrogens (tertiary/aromatic N) is 1. The van der Waals surface area contributed by atoms with Crippen LogP contribution in [-0.2, 0) is 10.8 Å². The minimum atomic E-state index is -1.07. The first-order chi connectivity index (χ1) is 12.6. The lowest BCUT2D eigenvalue weighted by Crippen LogP contribution is -2.20. The molecule has 0 fully saturated rings. The zero-order chi connectivity index (χ0) is 18.4. The molecule has 0 aliphatic rings. The molecular formula is C21H18N2O2S. The maximum absolute atomic E-state index is 12.4. The number of hydrogen-bond donors (Lipinski definition) is 1. The summed E-state index contributed by atoms with van der Waals surface area (Å²) in [6.45, 7) is 0. The van der Waals surface area contributed by atoms with E-state index >= 15 is 0 Å². The van der Waals surface area contributed by atoms with E-state index in [0.717, 1.165) is 11.1 Å². The van der Waals surface area contributed by atoms with Crippen LogP contribution in [0.5, 0.6) is 0 Å². The predicted octanol–water partition coefficient (Wildman–Crippen LogP) is 3.61. The molecule has 0 saturated heterocycles. The summed E-state index contributed by atoms with van der Waals surface area (Å²) in [5.74, 6) is -0.317. The van der Waals surface area contributed by atoms with Crippen molar-refractivity contribution < 1.29 is 9.00 Å². The maximum Gasteiger partial charge on any atom is 0.271 e. The Balaban J connectivity index is 1.86. The second kappa shape index (κ2) is 8.36. The molecule has 0 unspecified atom stereocenters. The Kier molecular flexibility index (Phi) is 5.71. The molecule has 130 valence electrons. The SMILES string of the molecule is C[S@](=O)c1ccc(C(=O)NN=C(c2ccccc2)c2ccccc2)cc1. The molecule has 0 aliphatic heterocycles. The third kappa shape index (κ3) is 4.32. The van der Waals surface area contributed by atoms with Gasteiger partial charge in [-0.15, -0.1) is 0 Å². The summed E-state index contributed by atoms with van der Waals surface area (Å²) in [6, 6.07) is 26.0. The van der Waals surface area contributed by atoms with E-state index in [2.05, 4.69) is 10.5 Å². The van der Waals surface area contributed by atoms with Crippen LogP contribution in [-0.4, -0.2) is 22.1 Å². The molecule has 0 heterocycles. The second-order valence-corrected chi connectivity index (χ2v) is 6.99. The molecular weight excluding hydrogens is 344 g/mol. The number of rotatable bonds is 5. The highest BCUT2D eigenvalue weighted by Gasteiger charge is 2.09. The summed E-state index contributed by atoms with van der Waals surface area (Å²) >= 11 is 0. The molecule has 1 N–H and O–H groups in total. The summed E-state index contributed by atoms with van der Waals surface area (Å²) in [6.07, 6.45) is 1.60. The smallest absolute Gasteiger partial charge is 0.267 e. The van der Waals surface area contributed by atoms with E-state index < -0.39 is 10.8 Å². The predicted molar refractivity (Wildman–Crippen MR) is 105 cm³/mol. The summed E-state index contributed by atoms with van der Waals surface area (Å²) in [7, 11) is -1.07. The molecule has 1 amide bonds. The minimum absolute atomic E-state index is 0.317. The first kappa shape index (κ1) is 17.8. The molecule has 1 atom stereocenters. The summed E-state index contributed by atoms with van der Waals surface area (Å²) in [4.78, 5) is 13.1. The van der Waals surface area contributed by atoms with Gasteiger partial charge in [0.2, 0.25) is 0 Å². The molecule has 4 nitrogen and oxygen atoms in total. The average molecular weight is 362 g/mol. The molecule has 0 spiro atoms. The fraction of sp³-hybridized carbons (Fsp3) is 0.0476. The zero-order valence-corrected chi connectivity index (χ0v) is 15.1. The normalized spacial score (nSPS) is 11.4. The van der Waals surface area contributed by atoms with Crippen molar-refractivity contribution in [3.05, 3.63) is 102 Å². The number of benzene rings is 3. The minimum Gasteiger partial charge on any atom is -0.267 e. The van der Waals surface area contributed by atoms with Crippen LogP contribution in [0, 0.1) is 0 Å². The van der Waals surface area contributed by atoms with E-state index in [9.17, 15) is 9.00 Å². The van der Waals surface area contributed by atoms with Gasteiger partial charge in [0.1, 0.15) is 0 Å². The van der Waals surface area contributed by atoms with Gasteiger partial charge in [0.05, 0.1) is 5.71 Å². The van der Waals surface area contributed by atoms with E-state index in [0.29, 0.717) is 16.2 Å². The lowest BCUT2D eigenvalue weighted by atomic mass is 10.0. The van der Waals surface area contributed by atoms with E-state index in [-0.39, 0.29) is 5.91 Å². The number of nitrogens with one attached hydrogen (secondary N) is 1. The van der Waals surface area contributed by atoms with Gasteiger partial charge >= 0.3 is 0 Å². The molecule has 3 aromatic rings. The monoisotopic (exact) mass is 362 g/mol. The molecule has 3 aromatic carbocycles. The quantitative estimate of drug-likeness (QED) is 0.557. The Morgan fingerprint density at radius 2 is 1.27 bits per heavy atom. The highest BCUT2D eigenvalue weighted by molar-refractivity contribution is 7.84. The fourth-order valence-electron chi connectivity index (χ4n) is 2.46. The van der Waals surface area contributed by atoms with Crippen molar-refractivity contribution in [2.24, 2.45) is 5.10 Å². The lowest BCUT2D eigenvalue weighted by molar-refractivity contribution is 0.0955. The van der Waals surface area contributed by atoms with Gasteiger partial charge in [0, 0.05) is 38.6 Å². The Bertz CT molecular complexity index is 895. The summed E-state index contributed by atoms with van der Waals surface area (Å²) in [5, 5.41) is 4.36. The highest BCUT2D eigenvalue weighted by atomic mass is 32.2. The van der Waals surface area contributed by atoms with Gasteiger partial charge in [0.25, 0.3) is 5.91 Å². The van der Waals surface area contributed by atoms with Gasteiger partial charge in [0.15, 0.2) is 0 Å². The van der Waals surface area contributed by atoms with Crippen LogP contribution in [0.25, 0.3) is 0 Å². The van der Waals surface area contributed by atoms with Crippen LogP contribution in [0.2, 0.25) is 0 Å². The number of carbonyl (C=O) groups excluding carboxylic acids is 1. The second-order valence-electron chi connectivity index (χ2n) is 5.61. The summed E-state index contributed by atoms with van der Waals surface area (Å²) in [5.41, 5.74) is 5.59. The first-order valence-electron chi connectivity index (χ1n) is 8.07. The first-order valence-corrected chi connectivity index (χ1v) is 9.63. The van der Waals surface area contributed by atoms with Gasteiger partial charge in [-0.25, -0.2) is 5.43 Å². The van der Waals surface area contributed by atoms with Crippen LogP contribution in [0.1, 0.15) is 21.5 Å². The van der Waals surface area contributed by atoms with Crippen molar-refractivity contribution in [1.29, 1.82) is 0 Å². The number of hydrogen-bond acceptors (Lipinski definition) is 3. The topological polar surface area (TPSA) is 58.5 Å². The number of amides is 1. The molecule has 0 saturated carbocycles. The Labute approximate surface area is 155 Å². The van der Waals surface area contributed by atoms with Crippen LogP contribution in [0.15, 0.2) is 94.9 Å². The molecule has 3 rings (SSSR count). The largest absolute Gasteiger partial charge is 0.271 e. The van der Waals surface area contributed by atoms with Gasteiger partial charge in [-0.05, 0) is 24.3 Å². The van der Waals surface area contributed by atoms with Crippen LogP contribution in [0.3, 0.4) is 0 Å². The highest BCUT2D eigenvalue weighted by Crippen LogP contribution is 2.11. The molecule has 0 bridgehead atoms. The van der Waals surface area contributed by atoms with E-state index in [1.807, 2.05) is 60.7 Å². The molecule has 0 radical (unpaired) electrons. The van der Waals surface area contributed by atoms with Gasteiger partial charge in [-0.2, -0.15) is 5.10 Å². The maximum atomic E-state index is 12.4. The van der Waals surface area contributed by atoms with Crippen molar-refractivity contribution >= 4 is 22.4 Å². The van der Waals surface area contributed by atoms with Gasteiger partial charge in [-0.1, -0.05) is 60.7 Å². The van der Waals surface area contributed by atoms with Crippen molar-refractivity contribution in [2.75, 3.05) is 6.26 Å². The van der Waals surface area contributed by atoms with Crippen LogP contribution < -0.4 is 5.43 Å². The van der Waals surface area contributed by atoms with Crippen molar-refractivity contribution in [1.82, 2.24) is 5.43 Å². The Morgan fingerprint density at radius 1 is 0.769 bits per heavy atom. The third-order valence-electron chi connectivity index (χ3n) is 3.81. The molecule has 26 heavy (non-hydrogen) atoms. The van der Waals surface area contributed by atoms with Crippen molar-refractivity contribution in [2.45, 2.75) is 4.90 Å². The summed E-state index contributed by atoms with van der Waals surface area (Å²) < 4.78 is 11.4. The molecule has 5 heteroatoms. The van der Waals surface area contributed by atoms with Crippen LogP contribution in [0.4, 0.5) is 0 Å². The Morgan fingerprint density at radius 3 is 1.73 bits per heavy atom. The average Bonchev–Trinajstić information content (AvgIpc) is 2.69. The number of carbonyl (C=O) groups is 1. The van der Waals surface area contributed by atoms with Gasteiger partial charge in [-0.3, -0.25) is 9.00 Å². The van der Waals surface area contributed by atoms with E-state index in [1.54, 1.807) is 30.5 Å². The Hall–Kier alpha value is -3.05. The third-order valence-corrected chi connectivity index (χ3v) is 4.75. The fourth-order valence-corrected chi connectivity index (χ4v) is 2.98. The van der Waals surface area contributed by atoms with E-state index in [4.69, 9.17) is 0 Å². The number of hydrazone groups is 1. The molecule has 0 aromatic heterocycles. The van der Waals surface area contributed by atoms with E-state index in [1.165, 1.54) is 0 Å². The zero-order valence-electron chi connectivity index (χ0n) is 14.3. The van der Waals surface area contributed by atoms with Crippen molar-refractivity contribution in [3.63, 3.8) is 0 Å².